The summed E-state index contributed by atoms with van der Waals surface area (Å²) in [4.78, 5) is 14.3. The predicted octanol–water partition coefficient (Wildman–Crippen LogP) is 1.51. The molecule has 5 heteroatoms. The molecular weight excluding hydrogens is 345 g/mol. The molecule has 18 heavy (non-hydrogen) atoms. The molecule has 98 valence electrons. The molecule has 1 aliphatic rings. The van der Waals surface area contributed by atoms with Gasteiger partial charge in [-0.05, 0) is 41.6 Å². The molecule has 0 saturated carbocycles. The zero-order valence-corrected chi connectivity index (χ0v) is 12.3. The first kappa shape index (κ1) is 13.8. The molecule has 0 bridgehead atoms. The van der Waals surface area contributed by atoms with Crippen LogP contribution in [0.1, 0.15) is 17.3 Å². The fourth-order valence-corrected chi connectivity index (χ4v) is 2.62. The molecule has 4 nitrogen and oxygen atoms in total. The van der Waals surface area contributed by atoms with E-state index >= 15 is 0 Å². The number of amides is 1. The maximum absolute atomic E-state index is 12.5. The van der Waals surface area contributed by atoms with Crippen molar-refractivity contribution in [1.82, 2.24) is 4.90 Å². The van der Waals surface area contributed by atoms with Gasteiger partial charge in [-0.1, -0.05) is 12.1 Å². The first-order valence-corrected chi connectivity index (χ1v) is 6.99. The second-order valence-electron chi connectivity index (χ2n) is 4.42. The van der Waals surface area contributed by atoms with Gasteiger partial charge in [-0.25, -0.2) is 0 Å². The highest BCUT2D eigenvalue weighted by Gasteiger charge is 2.30. The second-order valence-corrected chi connectivity index (χ2v) is 5.59. The third-order valence-electron chi connectivity index (χ3n) is 3.07. The van der Waals surface area contributed by atoms with E-state index in [2.05, 4.69) is 22.6 Å². The van der Waals surface area contributed by atoms with Crippen molar-refractivity contribution in [3.63, 3.8) is 0 Å². The summed E-state index contributed by atoms with van der Waals surface area (Å²) in [7, 11) is 0. The summed E-state index contributed by atoms with van der Waals surface area (Å²) in [6.45, 7) is 2.82. The topological polar surface area (TPSA) is 49.8 Å². The third kappa shape index (κ3) is 2.84. The van der Waals surface area contributed by atoms with E-state index in [0.29, 0.717) is 18.7 Å². The Balaban J connectivity index is 2.19. The lowest BCUT2D eigenvalue weighted by Crippen LogP contribution is -2.52. The van der Waals surface area contributed by atoms with Crippen LogP contribution in [0.2, 0.25) is 0 Å². The van der Waals surface area contributed by atoms with Crippen molar-refractivity contribution in [2.45, 2.75) is 19.1 Å². The molecule has 2 rings (SSSR count). The Morgan fingerprint density at radius 2 is 2.28 bits per heavy atom. The van der Waals surface area contributed by atoms with Crippen molar-refractivity contribution in [1.29, 1.82) is 0 Å². The number of benzene rings is 1. The quantitative estimate of drug-likeness (QED) is 0.813. The molecule has 0 aromatic heterocycles. The molecule has 1 aliphatic heterocycles. The number of morpholine rings is 1. The standard InChI is InChI=1S/C13H16INO3/c1-9-8-18-10(7-16)6-15(9)13(17)11-4-2-3-5-12(11)14/h2-5,9-10,16H,6-8H2,1H3. The lowest BCUT2D eigenvalue weighted by atomic mass is 10.1. The highest BCUT2D eigenvalue weighted by atomic mass is 127. The molecule has 0 radical (unpaired) electrons. The molecular formula is C13H16INO3. The van der Waals surface area contributed by atoms with Gasteiger partial charge >= 0.3 is 0 Å². The number of nitrogens with zero attached hydrogens (tertiary/aromatic N) is 1. The SMILES string of the molecule is CC1COC(CO)CN1C(=O)c1ccccc1I. The smallest absolute Gasteiger partial charge is 0.255 e. The average molecular weight is 361 g/mol. The minimum Gasteiger partial charge on any atom is -0.394 e. The number of hydrogen-bond donors (Lipinski definition) is 1. The van der Waals surface area contributed by atoms with E-state index in [1.165, 1.54) is 0 Å². The van der Waals surface area contributed by atoms with Gasteiger partial charge in [0.15, 0.2) is 0 Å². The Kier molecular flexibility index (Phi) is 4.58. The molecule has 0 spiro atoms. The van der Waals surface area contributed by atoms with E-state index in [-0.39, 0.29) is 24.7 Å². The first-order chi connectivity index (χ1) is 8.63. The number of rotatable bonds is 2. The van der Waals surface area contributed by atoms with Gasteiger partial charge < -0.3 is 14.7 Å². The molecule has 1 saturated heterocycles. The van der Waals surface area contributed by atoms with Crippen LogP contribution in [0.15, 0.2) is 24.3 Å². The number of ether oxygens (including phenoxy) is 1. The van der Waals surface area contributed by atoms with Crippen molar-refractivity contribution in [3.8, 4) is 0 Å². The summed E-state index contributed by atoms with van der Waals surface area (Å²) in [5, 5.41) is 9.14. The van der Waals surface area contributed by atoms with E-state index in [1.807, 2.05) is 31.2 Å². The maximum atomic E-state index is 12.5. The van der Waals surface area contributed by atoms with Crippen molar-refractivity contribution in [2.24, 2.45) is 0 Å². The van der Waals surface area contributed by atoms with Crippen LogP contribution < -0.4 is 0 Å². The zero-order valence-electron chi connectivity index (χ0n) is 10.2. The minimum atomic E-state index is -0.272. The summed E-state index contributed by atoms with van der Waals surface area (Å²) in [6.07, 6.45) is -0.272. The molecule has 1 aromatic carbocycles. The van der Waals surface area contributed by atoms with Crippen LogP contribution in [0.5, 0.6) is 0 Å². The molecule has 0 aliphatic carbocycles. The summed E-state index contributed by atoms with van der Waals surface area (Å²) >= 11 is 2.17. The Morgan fingerprint density at radius 1 is 1.56 bits per heavy atom. The van der Waals surface area contributed by atoms with Gasteiger partial charge in [-0.2, -0.15) is 0 Å². The van der Waals surface area contributed by atoms with Crippen LogP contribution in [0.25, 0.3) is 0 Å². The summed E-state index contributed by atoms with van der Waals surface area (Å²) < 4.78 is 6.38. The van der Waals surface area contributed by atoms with Crippen LogP contribution in [-0.4, -0.2) is 47.8 Å². The highest BCUT2D eigenvalue weighted by Crippen LogP contribution is 2.19. The fourth-order valence-electron chi connectivity index (χ4n) is 2.00. The predicted molar refractivity (Wildman–Crippen MR) is 76.5 cm³/mol. The lowest BCUT2D eigenvalue weighted by Gasteiger charge is -2.37. The normalized spacial score (nSPS) is 24.1. The number of halogens is 1. The molecule has 2 atom stereocenters. The average Bonchev–Trinajstić information content (AvgIpc) is 2.39. The van der Waals surface area contributed by atoms with E-state index in [0.717, 1.165) is 3.57 Å². The van der Waals surface area contributed by atoms with Crippen molar-refractivity contribution >= 4 is 28.5 Å². The molecule has 1 aromatic rings. The zero-order chi connectivity index (χ0) is 13.1. The Labute approximate surface area is 120 Å². The number of aliphatic hydroxyl groups is 1. The van der Waals surface area contributed by atoms with Gasteiger partial charge in [0.25, 0.3) is 5.91 Å². The van der Waals surface area contributed by atoms with Crippen LogP contribution >= 0.6 is 22.6 Å². The number of aliphatic hydroxyl groups excluding tert-OH is 1. The van der Waals surface area contributed by atoms with Gasteiger partial charge in [0.1, 0.15) is 0 Å². The lowest BCUT2D eigenvalue weighted by molar-refractivity contribution is -0.0667. The molecule has 1 amide bonds. The molecule has 1 fully saturated rings. The molecule has 1 heterocycles. The van der Waals surface area contributed by atoms with Gasteiger partial charge in [0.05, 0.1) is 30.9 Å². The Morgan fingerprint density at radius 3 is 2.94 bits per heavy atom. The minimum absolute atomic E-state index is 0.00856. The van der Waals surface area contributed by atoms with Crippen molar-refractivity contribution < 1.29 is 14.6 Å². The third-order valence-corrected chi connectivity index (χ3v) is 4.01. The monoisotopic (exact) mass is 361 g/mol. The van der Waals surface area contributed by atoms with E-state index in [1.54, 1.807) is 4.90 Å². The largest absolute Gasteiger partial charge is 0.394 e. The van der Waals surface area contributed by atoms with Gasteiger partial charge in [-0.15, -0.1) is 0 Å². The number of hydrogen-bond acceptors (Lipinski definition) is 3. The van der Waals surface area contributed by atoms with E-state index in [4.69, 9.17) is 9.84 Å². The number of carbonyl (C=O) groups is 1. The summed E-state index contributed by atoms with van der Waals surface area (Å²) in [6, 6.07) is 7.57. The molecule has 2 unspecified atom stereocenters. The Bertz CT molecular complexity index is 438. The Hall–Kier alpha value is -0.660. The van der Waals surface area contributed by atoms with Crippen LogP contribution in [0, 0.1) is 3.57 Å². The van der Waals surface area contributed by atoms with Crippen LogP contribution in [-0.2, 0) is 4.74 Å². The van der Waals surface area contributed by atoms with Crippen molar-refractivity contribution in [2.75, 3.05) is 19.8 Å². The van der Waals surface area contributed by atoms with Gasteiger partial charge in [-0.3, -0.25) is 4.79 Å². The van der Waals surface area contributed by atoms with Gasteiger partial charge in [0.2, 0.25) is 0 Å². The maximum Gasteiger partial charge on any atom is 0.255 e. The van der Waals surface area contributed by atoms with E-state index in [9.17, 15) is 4.79 Å². The van der Waals surface area contributed by atoms with Crippen molar-refractivity contribution in [3.05, 3.63) is 33.4 Å². The first-order valence-electron chi connectivity index (χ1n) is 5.91. The van der Waals surface area contributed by atoms with Crippen LogP contribution in [0.3, 0.4) is 0 Å². The van der Waals surface area contributed by atoms with Crippen LogP contribution in [0.4, 0.5) is 0 Å². The molecule has 1 N–H and O–H groups in total. The summed E-state index contributed by atoms with van der Waals surface area (Å²) in [5.41, 5.74) is 0.712. The summed E-state index contributed by atoms with van der Waals surface area (Å²) in [5.74, 6) is 0.00856. The highest BCUT2D eigenvalue weighted by molar-refractivity contribution is 14.1. The fraction of sp³-hybridized carbons (Fsp3) is 0.462. The van der Waals surface area contributed by atoms with E-state index < -0.39 is 0 Å². The van der Waals surface area contributed by atoms with Gasteiger partial charge in [0, 0.05) is 10.1 Å². The second kappa shape index (κ2) is 5.99. The number of carbonyl (C=O) groups excluding carboxylic acids is 1.